The molecule has 0 N–H and O–H groups in total. The zero-order chi connectivity index (χ0) is 20.5. The van der Waals surface area contributed by atoms with Crippen molar-refractivity contribution in [3.8, 4) is 11.6 Å². The van der Waals surface area contributed by atoms with Gasteiger partial charge in [-0.05, 0) is 52.3 Å². The number of nitrogens with zero attached hydrogens (tertiary/aromatic N) is 3. The maximum absolute atomic E-state index is 13.5. The van der Waals surface area contributed by atoms with Crippen LogP contribution in [-0.4, -0.2) is 38.9 Å². The number of rotatable bonds is 3. The van der Waals surface area contributed by atoms with Crippen molar-refractivity contribution in [3.05, 3.63) is 47.2 Å². The highest BCUT2D eigenvalue weighted by molar-refractivity contribution is 5.96. The van der Waals surface area contributed by atoms with Crippen molar-refractivity contribution >= 4 is 11.9 Å². The lowest BCUT2D eigenvalue weighted by molar-refractivity contribution is 0.0219. The predicted octanol–water partition coefficient (Wildman–Crippen LogP) is 3.90. The van der Waals surface area contributed by atoms with Crippen LogP contribution in [0.15, 0.2) is 24.5 Å². The zero-order valence-electron chi connectivity index (χ0n) is 16.3. The molecule has 0 fully saturated rings. The van der Waals surface area contributed by atoms with Crippen molar-refractivity contribution in [1.29, 1.82) is 0 Å². The first-order valence-electron chi connectivity index (χ1n) is 8.93. The number of ketones is 1. The molecule has 1 aromatic carbocycles. The van der Waals surface area contributed by atoms with Gasteiger partial charge in [-0.2, -0.15) is 0 Å². The second-order valence-corrected chi connectivity index (χ2v) is 7.55. The molecule has 148 valence electrons. The van der Waals surface area contributed by atoms with E-state index < -0.39 is 17.5 Å². The number of ether oxygens (including phenoxy) is 2. The van der Waals surface area contributed by atoms with Gasteiger partial charge in [-0.25, -0.2) is 19.2 Å². The second kappa shape index (κ2) is 7.53. The van der Waals surface area contributed by atoms with Crippen LogP contribution in [0.2, 0.25) is 0 Å². The van der Waals surface area contributed by atoms with Crippen LogP contribution in [-0.2, 0) is 17.7 Å². The molecule has 1 amide bonds. The van der Waals surface area contributed by atoms with Gasteiger partial charge >= 0.3 is 6.09 Å². The van der Waals surface area contributed by atoms with Gasteiger partial charge in [0.1, 0.15) is 23.5 Å². The molecule has 28 heavy (non-hydrogen) atoms. The lowest BCUT2D eigenvalue weighted by Crippen LogP contribution is -2.40. The fraction of sp³-hybridized carbons (Fsp3) is 0.400. The van der Waals surface area contributed by atoms with E-state index in [1.165, 1.54) is 25.4 Å². The fourth-order valence-electron chi connectivity index (χ4n) is 2.87. The molecule has 0 bridgehead atoms. The Morgan fingerprint density at radius 1 is 1.21 bits per heavy atom. The Bertz CT molecular complexity index is 924. The molecule has 2 heterocycles. The van der Waals surface area contributed by atoms with Crippen LogP contribution in [0, 0.1) is 5.82 Å². The van der Waals surface area contributed by atoms with Crippen LogP contribution >= 0.6 is 0 Å². The summed E-state index contributed by atoms with van der Waals surface area (Å²) in [6.45, 7) is 7.47. The van der Waals surface area contributed by atoms with E-state index in [0.717, 1.165) is 11.6 Å². The lowest BCUT2D eigenvalue weighted by atomic mass is 10.1. The van der Waals surface area contributed by atoms with Crippen LogP contribution < -0.4 is 4.74 Å². The summed E-state index contributed by atoms with van der Waals surface area (Å²) >= 11 is 0. The summed E-state index contributed by atoms with van der Waals surface area (Å²) in [5.74, 6) is -0.309. The molecule has 1 aromatic heterocycles. The number of Topliss-reactive ketones (excluding diaryl/α,β-unsaturated/α-hetero) is 1. The molecule has 3 rings (SSSR count). The highest BCUT2D eigenvalue weighted by Crippen LogP contribution is 2.31. The van der Waals surface area contributed by atoms with Gasteiger partial charge in [-0.15, -0.1) is 0 Å². The summed E-state index contributed by atoms with van der Waals surface area (Å²) in [4.78, 5) is 34.1. The standard InChI is InChI=1S/C20H22FN3O4/c1-12(25)15-9-13(21)5-6-17(15)27-18-14-7-8-24(10-16(14)22-11-23-18)19(26)28-20(2,3)4/h5-6,9,11H,7-8,10H2,1-4H3. The number of halogens is 1. The lowest BCUT2D eigenvalue weighted by Gasteiger charge is -2.30. The Morgan fingerprint density at radius 2 is 1.96 bits per heavy atom. The number of fused-ring (bicyclic) bond motifs is 1. The SMILES string of the molecule is CC(=O)c1cc(F)ccc1Oc1ncnc2c1CCN(C(=O)OC(C)(C)C)C2. The van der Waals surface area contributed by atoms with Crippen LogP contribution in [0.5, 0.6) is 11.6 Å². The van der Waals surface area contributed by atoms with Gasteiger partial charge in [0, 0.05) is 12.1 Å². The number of carbonyl (C=O) groups is 2. The molecular formula is C20H22FN3O4. The number of benzene rings is 1. The minimum atomic E-state index is -0.580. The molecule has 1 aliphatic heterocycles. The molecule has 7 nitrogen and oxygen atoms in total. The third-order valence-corrected chi connectivity index (χ3v) is 4.15. The van der Waals surface area contributed by atoms with E-state index in [-0.39, 0.29) is 23.6 Å². The molecular weight excluding hydrogens is 365 g/mol. The molecule has 0 aliphatic carbocycles. The van der Waals surface area contributed by atoms with Crippen molar-refractivity contribution in [3.63, 3.8) is 0 Å². The Morgan fingerprint density at radius 3 is 2.64 bits per heavy atom. The number of aromatic nitrogens is 2. The van der Waals surface area contributed by atoms with Crippen molar-refractivity contribution < 1.29 is 23.5 Å². The first kappa shape index (κ1) is 19.7. The normalized spacial score (nSPS) is 13.7. The van der Waals surface area contributed by atoms with Crippen molar-refractivity contribution in [1.82, 2.24) is 14.9 Å². The van der Waals surface area contributed by atoms with Crippen molar-refractivity contribution in [2.24, 2.45) is 0 Å². The summed E-state index contributed by atoms with van der Waals surface area (Å²) in [6, 6.07) is 3.76. The molecule has 1 aliphatic rings. The maximum Gasteiger partial charge on any atom is 0.410 e. The first-order chi connectivity index (χ1) is 13.1. The first-order valence-corrected chi connectivity index (χ1v) is 8.93. The monoisotopic (exact) mass is 387 g/mol. The molecule has 2 aromatic rings. The molecule has 0 unspecified atom stereocenters. The van der Waals surface area contributed by atoms with Crippen LogP contribution in [0.1, 0.15) is 49.3 Å². The van der Waals surface area contributed by atoms with E-state index in [1.807, 2.05) is 20.8 Å². The zero-order valence-corrected chi connectivity index (χ0v) is 16.3. The highest BCUT2D eigenvalue weighted by atomic mass is 19.1. The van der Waals surface area contributed by atoms with Gasteiger partial charge in [-0.3, -0.25) is 4.79 Å². The van der Waals surface area contributed by atoms with Crippen molar-refractivity contribution in [2.75, 3.05) is 6.54 Å². The van der Waals surface area contributed by atoms with E-state index in [2.05, 4.69) is 9.97 Å². The van der Waals surface area contributed by atoms with Crippen molar-refractivity contribution in [2.45, 2.75) is 46.3 Å². The molecule has 0 atom stereocenters. The van der Waals surface area contributed by atoms with Gasteiger partial charge in [0.15, 0.2) is 5.78 Å². The minimum Gasteiger partial charge on any atom is -0.444 e. The van der Waals surface area contributed by atoms with E-state index in [0.29, 0.717) is 24.5 Å². The number of carbonyl (C=O) groups excluding carboxylic acids is 2. The topological polar surface area (TPSA) is 81.6 Å². The Kier molecular flexibility index (Phi) is 5.31. The predicted molar refractivity (Wildman–Crippen MR) is 98.9 cm³/mol. The quantitative estimate of drug-likeness (QED) is 0.743. The number of hydrogen-bond donors (Lipinski definition) is 0. The average Bonchev–Trinajstić information content (AvgIpc) is 2.61. The summed E-state index contributed by atoms with van der Waals surface area (Å²) in [7, 11) is 0. The van der Waals surface area contributed by atoms with Crippen LogP contribution in [0.3, 0.4) is 0 Å². The highest BCUT2D eigenvalue weighted by Gasteiger charge is 2.28. The molecule has 0 saturated carbocycles. The number of hydrogen-bond acceptors (Lipinski definition) is 6. The summed E-state index contributed by atoms with van der Waals surface area (Å²) in [5.41, 5.74) is 0.955. The minimum absolute atomic E-state index is 0.138. The van der Waals surface area contributed by atoms with Crippen LogP contribution in [0.25, 0.3) is 0 Å². The second-order valence-electron chi connectivity index (χ2n) is 7.55. The maximum atomic E-state index is 13.5. The fourth-order valence-corrected chi connectivity index (χ4v) is 2.87. The van der Waals surface area contributed by atoms with E-state index >= 15 is 0 Å². The van der Waals surface area contributed by atoms with Crippen LogP contribution in [0.4, 0.5) is 9.18 Å². The smallest absolute Gasteiger partial charge is 0.410 e. The summed E-state index contributed by atoms with van der Waals surface area (Å²) < 4.78 is 24.7. The Labute approximate surface area is 162 Å². The number of amides is 1. The van der Waals surface area contributed by atoms with Gasteiger partial charge in [0.25, 0.3) is 0 Å². The molecule has 8 heteroatoms. The van der Waals surface area contributed by atoms with E-state index in [1.54, 1.807) is 4.90 Å². The molecule has 0 spiro atoms. The average molecular weight is 387 g/mol. The molecule has 0 saturated heterocycles. The Hall–Kier alpha value is -3.03. The van der Waals surface area contributed by atoms with Gasteiger partial charge in [-0.1, -0.05) is 0 Å². The van der Waals surface area contributed by atoms with Gasteiger partial charge < -0.3 is 14.4 Å². The third-order valence-electron chi connectivity index (χ3n) is 4.15. The summed E-state index contributed by atoms with van der Waals surface area (Å²) in [5, 5.41) is 0. The summed E-state index contributed by atoms with van der Waals surface area (Å²) in [6.07, 6.45) is 1.40. The van der Waals surface area contributed by atoms with Gasteiger partial charge in [0.05, 0.1) is 17.8 Å². The van der Waals surface area contributed by atoms with E-state index in [9.17, 15) is 14.0 Å². The third kappa shape index (κ3) is 4.44. The largest absolute Gasteiger partial charge is 0.444 e. The van der Waals surface area contributed by atoms with Gasteiger partial charge in [0.2, 0.25) is 5.88 Å². The Balaban J connectivity index is 1.84. The molecule has 0 radical (unpaired) electrons. The van der Waals surface area contributed by atoms with E-state index in [4.69, 9.17) is 9.47 Å².